The number of aliphatic hydroxyl groups excluding tert-OH is 6. The van der Waals surface area contributed by atoms with Gasteiger partial charge in [-0.25, -0.2) is 4.79 Å². The molecule has 0 aromatic carbocycles. The topological polar surface area (TPSA) is 168 Å². The predicted molar refractivity (Wildman–Crippen MR) is 59.8 cm³/mol. The molecule has 0 amide bonds. The Morgan fingerprint density at radius 3 is 2.11 bits per heavy atom. The minimum absolute atomic E-state index is 0.614. The molecule has 5 unspecified atom stereocenters. The second kappa shape index (κ2) is 7.70. The van der Waals surface area contributed by atoms with Crippen LogP contribution in [0.5, 0.6) is 0 Å². The van der Waals surface area contributed by atoms with Crippen LogP contribution in [0.2, 0.25) is 0 Å². The molecule has 0 aliphatic heterocycles. The largest absolute Gasteiger partial charge is 0.461 e. The fourth-order valence-electron chi connectivity index (χ4n) is 1.14. The molecule has 0 aromatic heterocycles. The zero-order valence-corrected chi connectivity index (χ0v) is 10.4. The van der Waals surface area contributed by atoms with Gasteiger partial charge in [0, 0.05) is 0 Å². The molecular weight excluding hydrogens is 264 g/mol. The number of esters is 1. The summed E-state index contributed by atoms with van der Waals surface area (Å²) >= 11 is 0. The molecule has 0 saturated heterocycles. The van der Waals surface area contributed by atoms with Crippen LogP contribution >= 0.6 is 0 Å². The van der Waals surface area contributed by atoms with E-state index in [4.69, 9.17) is 20.4 Å². The van der Waals surface area contributed by atoms with Crippen LogP contribution in [-0.2, 0) is 9.53 Å². The molecular formula is C10H20O9. The van der Waals surface area contributed by atoms with Gasteiger partial charge in [-0.1, -0.05) is 0 Å². The average Bonchev–Trinajstić information content (AvgIpc) is 2.41. The number of hydrogen-bond acceptors (Lipinski definition) is 9. The Balaban J connectivity index is 4.61. The molecule has 5 atom stereocenters. The lowest BCUT2D eigenvalue weighted by Crippen LogP contribution is -2.57. The van der Waals surface area contributed by atoms with Gasteiger partial charge in [0.1, 0.15) is 31.0 Å². The number of aliphatic hydroxyl groups is 7. The van der Waals surface area contributed by atoms with Crippen molar-refractivity contribution in [2.75, 3.05) is 19.8 Å². The summed E-state index contributed by atoms with van der Waals surface area (Å²) in [7, 11) is 0. The zero-order chi connectivity index (χ0) is 15.2. The summed E-state index contributed by atoms with van der Waals surface area (Å²) < 4.78 is 4.43. The monoisotopic (exact) mass is 284 g/mol. The Hall–Kier alpha value is -0.810. The van der Waals surface area contributed by atoms with Gasteiger partial charge in [0.15, 0.2) is 5.60 Å². The van der Waals surface area contributed by atoms with Gasteiger partial charge in [0.05, 0.1) is 13.2 Å². The first kappa shape index (κ1) is 18.2. The molecule has 0 saturated carbocycles. The van der Waals surface area contributed by atoms with Crippen LogP contribution in [0.1, 0.15) is 6.92 Å². The maximum absolute atomic E-state index is 11.5. The number of carbonyl (C=O) groups is 1. The summed E-state index contributed by atoms with van der Waals surface area (Å²) in [5, 5.41) is 63.8. The van der Waals surface area contributed by atoms with Crippen LogP contribution in [0.3, 0.4) is 0 Å². The van der Waals surface area contributed by atoms with Crippen LogP contribution in [-0.4, -0.2) is 91.6 Å². The van der Waals surface area contributed by atoms with Gasteiger partial charge in [-0.15, -0.1) is 0 Å². The van der Waals surface area contributed by atoms with E-state index < -0.39 is 55.8 Å². The van der Waals surface area contributed by atoms with E-state index >= 15 is 0 Å². The molecule has 0 aliphatic carbocycles. The summed E-state index contributed by atoms with van der Waals surface area (Å²) in [6.45, 7) is -1.33. The lowest BCUT2D eigenvalue weighted by molar-refractivity contribution is -0.194. The Bertz CT molecular complexity index is 280. The van der Waals surface area contributed by atoms with Crippen molar-refractivity contribution in [3.05, 3.63) is 0 Å². The van der Waals surface area contributed by atoms with Gasteiger partial charge in [-0.05, 0) is 6.92 Å². The number of ether oxygens (including phenoxy) is 1. The average molecular weight is 284 g/mol. The van der Waals surface area contributed by atoms with Crippen LogP contribution in [0.25, 0.3) is 0 Å². The molecule has 0 rings (SSSR count). The van der Waals surface area contributed by atoms with Crippen molar-refractivity contribution in [3.63, 3.8) is 0 Å². The van der Waals surface area contributed by atoms with E-state index in [1.165, 1.54) is 0 Å². The minimum atomic E-state index is -2.56. The summed E-state index contributed by atoms with van der Waals surface area (Å²) in [5.41, 5.74) is -2.56. The minimum Gasteiger partial charge on any atom is -0.461 e. The van der Waals surface area contributed by atoms with Gasteiger partial charge >= 0.3 is 5.97 Å². The third kappa shape index (κ3) is 4.99. The highest BCUT2D eigenvalue weighted by atomic mass is 16.6. The third-order valence-electron chi connectivity index (χ3n) is 2.51. The molecule has 19 heavy (non-hydrogen) atoms. The summed E-state index contributed by atoms with van der Waals surface area (Å²) in [6.07, 6.45) is -7.19. The second-order valence-corrected chi connectivity index (χ2v) is 4.27. The number of rotatable bonds is 8. The molecule has 9 nitrogen and oxygen atoms in total. The van der Waals surface area contributed by atoms with Crippen LogP contribution in [0.15, 0.2) is 0 Å². The van der Waals surface area contributed by atoms with E-state index in [-0.39, 0.29) is 0 Å². The van der Waals surface area contributed by atoms with Crippen LogP contribution in [0.4, 0.5) is 0 Å². The fraction of sp³-hybridized carbons (Fsp3) is 0.900. The smallest absolute Gasteiger partial charge is 0.340 e. The first-order valence-corrected chi connectivity index (χ1v) is 5.52. The van der Waals surface area contributed by atoms with Crippen molar-refractivity contribution in [1.29, 1.82) is 0 Å². The first-order valence-electron chi connectivity index (χ1n) is 5.52. The highest BCUT2D eigenvalue weighted by Gasteiger charge is 2.45. The maximum atomic E-state index is 11.5. The SMILES string of the molecule is CC(O)(C(=O)OCC(O)CO)C(O)C(O)C(O)CO. The Morgan fingerprint density at radius 2 is 1.68 bits per heavy atom. The van der Waals surface area contributed by atoms with E-state index in [9.17, 15) is 20.1 Å². The Kier molecular flexibility index (Phi) is 7.37. The molecule has 0 fully saturated rings. The summed E-state index contributed by atoms with van der Waals surface area (Å²) in [4.78, 5) is 11.5. The Morgan fingerprint density at radius 1 is 1.16 bits per heavy atom. The predicted octanol–water partition coefficient (Wildman–Crippen LogP) is -4.29. The molecule has 7 N–H and O–H groups in total. The van der Waals surface area contributed by atoms with Gasteiger partial charge in [0.2, 0.25) is 0 Å². The van der Waals surface area contributed by atoms with E-state index in [0.29, 0.717) is 0 Å². The van der Waals surface area contributed by atoms with E-state index in [1.807, 2.05) is 0 Å². The van der Waals surface area contributed by atoms with Crippen LogP contribution in [0, 0.1) is 0 Å². The quantitative estimate of drug-likeness (QED) is 0.218. The molecule has 0 aromatic rings. The lowest BCUT2D eigenvalue weighted by atomic mass is 9.92. The number of hydrogen-bond donors (Lipinski definition) is 7. The van der Waals surface area contributed by atoms with Crippen molar-refractivity contribution in [1.82, 2.24) is 0 Å². The van der Waals surface area contributed by atoms with Gasteiger partial charge < -0.3 is 40.5 Å². The zero-order valence-electron chi connectivity index (χ0n) is 10.4. The van der Waals surface area contributed by atoms with Gasteiger partial charge in [0.25, 0.3) is 0 Å². The van der Waals surface area contributed by atoms with E-state index in [2.05, 4.69) is 4.74 Å². The van der Waals surface area contributed by atoms with Crippen molar-refractivity contribution < 1.29 is 45.3 Å². The number of carbonyl (C=O) groups excluding carboxylic acids is 1. The highest BCUT2D eigenvalue weighted by Crippen LogP contribution is 2.17. The van der Waals surface area contributed by atoms with E-state index in [0.717, 1.165) is 6.92 Å². The van der Waals surface area contributed by atoms with Gasteiger partial charge in [-0.3, -0.25) is 0 Å². The molecule has 0 spiro atoms. The molecule has 0 bridgehead atoms. The molecule has 0 radical (unpaired) electrons. The maximum Gasteiger partial charge on any atom is 0.340 e. The van der Waals surface area contributed by atoms with Gasteiger partial charge in [-0.2, -0.15) is 0 Å². The van der Waals surface area contributed by atoms with Crippen molar-refractivity contribution in [3.8, 4) is 0 Å². The lowest BCUT2D eigenvalue weighted by Gasteiger charge is -2.31. The standard InChI is InChI=1S/C10H20O9/c1-10(18,8(16)7(15)6(14)3-12)9(17)19-4-5(13)2-11/h5-8,11-16,18H,2-4H2,1H3. The summed E-state index contributed by atoms with van der Waals surface area (Å²) in [6, 6.07) is 0. The second-order valence-electron chi connectivity index (χ2n) is 4.27. The van der Waals surface area contributed by atoms with Crippen molar-refractivity contribution in [2.45, 2.75) is 36.9 Å². The van der Waals surface area contributed by atoms with Crippen molar-refractivity contribution in [2.24, 2.45) is 0 Å². The normalized spacial score (nSPS) is 21.1. The first-order chi connectivity index (χ1) is 8.68. The van der Waals surface area contributed by atoms with Crippen molar-refractivity contribution >= 4 is 5.97 Å². The molecule has 114 valence electrons. The molecule has 0 heterocycles. The van der Waals surface area contributed by atoms with Crippen LogP contribution < -0.4 is 0 Å². The molecule has 0 aliphatic rings. The third-order valence-corrected chi connectivity index (χ3v) is 2.51. The Labute approximate surface area is 109 Å². The fourth-order valence-corrected chi connectivity index (χ4v) is 1.14. The van der Waals surface area contributed by atoms with E-state index in [1.54, 1.807) is 0 Å². The molecule has 9 heteroatoms. The summed E-state index contributed by atoms with van der Waals surface area (Å²) in [5.74, 6) is -1.36. The highest BCUT2D eigenvalue weighted by molar-refractivity contribution is 5.79.